The Balaban J connectivity index is 1.62. The van der Waals surface area contributed by atoms with Gasteiger partial charge in [-0.3, -0.25) is 4.57 Å². The van der Waals surface area contributed by atoms with Crippen LogP contribution in [0, 0.1) is 0 Å². The van der Waals surface area contributed by atoms with Gasteiger partial charge in [-0.05, 0) is 30.5 Å². The highest BCUT2D eigenvalue weighted by atomic mass is 15.2. The van der Waals surface area contributed by atoms with Crippen LogP contribution >= 0.6 is 0 Å². The van der Waals surface area contributed by atoms with Gasteiger partial charge in [0.2, 0.25) is 5.96 Å². The molecule has 0 bridgehead atoms. The van der Waals surface area contributed by atoms with E-state index in [0.29, 0.717) is 6.04 Å². The Morgan fingerprint density at radius 2 is 1.34 bits per heavy atom. The summed E-state index contributed by atoms with van der Waals surface area (Å²) in [5, 5.41) is 6.24. The minimum absolute atomic E-state index is 0.405. The van der Waals surface area contributed by atoms with Crippen molar-refractivity contribution in [2.24, 2.45) is 4.99 Å². The zero-order chi connectivity index (χ0) is 19.5. The second-order valence-electron chi connectivity index (χ2n) is 7.95. The third kappa shape index (κ3) is 3.65. The molecule has 1 fully saturated rings. The number of aromatic nitrogens is 1. The fraction of sp³-hybridized carbons (Fsp3) is 0.269. The molecule has 0 spiro atoms. The molecular formula is C26H27N3. The molecule has 29 heavy (non-hydrogen) atoms. The Bertz CT molecular complexity index is 1080. The minimum atomic E-state index is 0.405. The molecule has 0 amide bonds. The Kier molecular flexibility index (Phi) is 5.04. The van der Waals surface area contributed by atoms with Crippen LogP contribution in [0.3, 0.4) is 0 Å². The van der Waals surface area contributed by atoms with Crippen LogP contribution in [0.4, 0.5) is 0 Å². The molecule has 3 aromatic carbocycles. The smallest absolute Gasteiger partial charge is 0.203 e. The van der Waals surface area contributed by atoms with Crippen molar-refractivity contribution in [3.05, 3.63) is 84.4 Å². The van der Waals surface area contributed by atoms with Crippen LogP contribution in [0.2, 0.25) is 0 Å². The van der Waals surface area contributed by atoms with Crippen molar-refractivity contribution in [3.8, 4) is 0 Å². The number of rotatable bonds is 3. The average Bonchev–Trinajstić information content (AvgIpc) is 3.13. The van der Waals surface area contributed by atoms with Crippen LogP contribution in [-0.4, -0.2) is 16.6 Å². The zero-order valence-electron chi connectivity index (χ0n) is 16.7. The van der Waals surface area contributed by atoms with E-state index in [1.165, 1.54) is 59.5 Å². The molecule has 0 atom stereocenters. The van der Waals surface area contributed by atoms with Gasteiger partial charge in [0.1, 0.15) is 0 Å². The molecule has 1 N–H and O–H groups in total. The molecule has 4 aromatic rings. The number of para-hydroxylation sites is 2. The molecular weight excluding hydrogens is 354 g/mol. The standard InChI is InChI=1S/C26H27N3/c1-3-11-20(12-4-1)19-27-26(28-21-13-5-2-6-14-21)29-24-17-9-7-15-22(24)23-16-8-10-18-25(23)29/h1,3-4,7-12,15-18,21H,2,5-6,13-14,19H2,(H,27,28). The van der Waals surface area contributed by atoms with Gasteiger partial charge in [-0.1, -0.05) is 86.0 Å². The first-order chi connectivity index (χ1) is 14.4. The lowest BCUT2D eigenvalue weighted by molar-refractivity contribution is 0.441. The number of fused-ring (bicyclic) bond motifs is 3. The highest BCUT2D eigenvalue weighted by molar-refractivity contribution is 6.13. The lowest BCUT2D eigenvalue weighted by Gasteiger charge is -2.21. The average molecular weight is 382 g/mol. The quantitative estimate of drug-likeness (QED) is 0.336. The molecule has 1 saturated carbocycles. The third-order valence-electron chi connectivity index (χ3n) is 5.96. The summed E-state index contributed by atoms with van der Waals surface area (Å²) >= 11 is 0. The molecule has 0 aliphatic heterocycles. The number of hydrogen-bond donors (Lipinski definition) is 1. The maximum Gasteiger partial charge on any atom is 0.203 e. The van der Waals surface area contributed by atoms with Crippen LogP contribution in [0.1, 0.15) is 37.7 Å². The number of hydrogen-bond acceptors (Lipinski definition) is 1. The lowest BCUT2D eigenvalue weighted by atomic mass is 9.96. The molecule has 0 saturated heterocycles. The Morgan fingerprint density at radius 3 is 2.00 bits per heavy atom. The van der Waals surface area contributed by atoms with Gasteiger partial charge in [-0.2, -0.15) is 0 Å². The predicted octanol–water partition coefficient (Wildman–Crippen LogP) is 6.12. The molecule has 1 aliphatic rings. The van der Waals surface area contributed by atoms with Crippen molar-refractivity contribution >= 4 is 27.8 Å². The fourth-order valence-electron chi connectivity index (χ4n) is 4.49. The van der Waals surface area contributed by atoms with Crippen molar-refractivity contribution in [1.29, 1.82) is 0 Å². The van der Waals surface area contributed by atoms with Crippen LogP contribution in [0.15, 0.2) is 83.9 Å². The highest BCUT2D eigenvalue weighted by Gasteiger charge is 2.18. The second-order valence-corrected chi connectivity index (χ2v) is 7.95. The number of aliphatic imine (C=N–C) groups is 1. The van der Waals surface area contributed by atoms with Crippen molar-refractivity contribution in [2.75, 3.05) is 0 Å². The molecule has 3 nitrogen and oxygen atoms in total. The van der Waals surface area contributed by atoms with Gasteiger partial charge in [0, 0.05) is 17.3 Å². The Hall–Kier alpha value is -3.07. The van der Waals surface area contributed by atoms with Crippen LogP contribution in [0.25, 0.3) is 21.8 Å². The maximum absolute atomic E-state index is 5.26. The van der Waals surface area contributed by atoms with Crippen molar-refractivity contribution in [2.45, 2.75) is 44.7 Å². The van der Waals surface area contributed by atoms with E-state index in [1.54, 1.807) is 0 Å². The maximum atomic E-state index is 5.26. The summed E-state index contributed by atoms with van der Waals surface area (Å²) in [4.78, 5) is 5.26. The summed E-state index contributed by atoms with van der Waals surface area (Å²) in [5.41, 5.74) is 3.69. The number of benzene rings is 3. The van der Waals surface area contributed by atoms with E-state index in [2.05, 4.69) is 88.7 Å². The summed E-state index contributed by atoms with van der Waals surface area (Å²) in [6.07, 6.45) is 6.29. The SMILES string of the molecule is c1ccc(CN/C(=N/C2CCCCC2)n2c3ccccc3c3ccccc32)cc1. The molecule has 0 unspecified atom stereocenters. The van der Waals surface area contributed by atoms with Crippen molar-refractivity contribution < 1.29 is 0 Å². The monoisotopic (exact) mass is 381 g/mol. The van der Waals surface area contributed by atoms with Crippen molar-refractivity contribution in [3.63, 3.8) is 0 Å². The lowest BCUT2D eigenvalue weighted by Crippen LogP contribution is -2.32. The van der Waals surface area contributed by atoms with E-state index in [4.69, 9.17) is 4.99 Å². The highest BCUT2D eigenvalue weighted by Crippen LogP contribution is 2.29. The zero-order valence-corrected chi connectivity index (χ0v) is 16.7. The van der Waals surface area contributed by atoms with Crippen LogP contribution in [0.5, 0.6) is 0 Å². The largest absolute Gasteiger partial charge is 0.352 e. The summed E-state index contributed by atoms with van der Waals surface area (Å²) in [5.74, 6) is 0.971. The third-order valence-corrected chi connectivity index (χ3v) is 5.96. The normalized spacial score (nSPS) is 15.8. The van der Waals surface area contributed by atoms with E-state index in [9.17, 15) is 0 Å². The molecule has 1 aliphatic carbocycles. The first-order valence-electron chi connectivity index (χ1n) is 10.7. The minimum Gasteiger partial charge on any atom is -0.352 e. The van der Waals surface area contributed by atoms with Gasteiger partial charge in [-0.25, -0.2) is 4.99 Å². The van der Waals surface area contributed by atoms with Gasteiger partial charge in [0.15, 0.2) is 0 Å². The molecule has 3 heteroatoms. The first-order valence-corrected chi connectivity index (χ1v) is 10.7. The summed E-state index contributed by atoms with van der Waals surface area (Å²) in [6.45, 7) is 0.771. The number of nitrogens with zero attached hydrogens (tertiary/aromatic N) is 2. The molecule has 0 radical (unpaired) electrons. The van der Waals surface area contributed by atoms with Crippen LogP contribution < -0.4 is 5.32 Å². The summed E-state index contributed by atoms with van der Waals surface area (Å²) in [7, 11) is 0. The summed E-state index contributed by atoms with van der Waals surface area (Å²) < 4.78 is 2.32. The first kappa shape index (κ1) is 18.0. The van der Waals surface area contributed by atoms with E-state index < -0.39 is 0 Å². The van der Waals surface area contributed by atoms with E-state index in [0.717, 1.165) is 12.5 Å². The molecule has 1 heterocycles. The second kappa shape index (κ2) is 8.12. The molecule has 146 valence electrons. The van der Waals surface area contributed by atoms with Gasteiger partial charge in [0.05, 0.1) is 17.1 Å². The summed E-state index contributed by atoms with van der Waals surface area (Å²) in [6, 6.07) is 28.3. The number of nitrogens with one attached hydrogen (secondary N) is 1. The van der Waals surface area contributed by atoms with Gasteiger partial charge in [0.25, 0.3) is 0 Å². The fourth-order valence-corrected chi connectivity index (χ4v) is 4.49. The molecule has 5 rings (SSSR count). The Morgan fingerprint density at radius 1 is 0.759 bits per heavy atom. The Labute approximate surface area is 172 Å². The van der Waals surface area contributed by atoms with Crippen molar-refractivity contribution in [1.82, 2.24) is 9.88 Å². The van der Waals surface area contributed by atoms with Gasteiger partial charge in [-0.15, -0.1) is 0 Å². The van der Waals surface area contributed by atoms with Gasteiger partial charge < -0.3 is 5.32 Å². The van der Waals surface area contributed by atoms with Crippen LogP contribution in [-0.2, 0) is 6.54 Å². The predicted molar refractivity (Wildman–Crippen MR) is 122 cm³/mol. The van der Waals surface area contributed by atoms with Gasteiger partial charge >= 0.3 is 0 Å². The topological polar surface area (TPSA) is 29.3 Å². The van der Waals surface area contributed by atoms with E-state index in [1.807, 2.05) is 0 Å². The van der Waals surface area contributed by atoms with E-state index >= 15 is 0 Å². The van der Waals surface area contributed by atoms with E-state index in [-0.39, 0.29) is 0 Å². The molecule has 1 aromatic heterocycles.